The van der Waals surface area contributed by atoms with Crippen LogP contribution in [0.4, 0.5) is 0 Å². The lowest BCUT2D eigenvalue weighted by molar-refractivity contribution is 0.288. The molecule has 0 amide bonds. The Morgan fingerprint density at radius 2 is 0.846 bits per heavy atom. The van der Waals surface area contributed by atoms with E-state index in [1.54, 1.807) is 0 Å². The van der Waals surface area contributed by atoms with Crippen LogP contribution in [-0.2, 0) is 15.4 Å². The normalized spacial score (nSPS) is 12.3. The molecule has 4 aromatic rings. The zero-order chi connectivity index (χ0) is 28.6. The molecule has 39 heavy (non-hydrogen) atoms. The SMILES string of the molecule is CC(C)(c1ccccc1)c1cc(Br)c(OP(=O)(O)Oc2c(Br)cc(C(C)(C)c3ccccc3)cc2Br)c(Br)c1. The van der Waals surface area contributed by atoms with E-state index in [2.05, 4.69) is 116 Å². The molecule has 9 heteroatoms. The Labute approximate surface area is 263 Å². The van der Waals surface area contributed by atoms with Crippen LogP contribution in [-0.4, -0.2) is 4.89 Å². The standard InChI is InChI=1S/C30H27Br4O4P/c1-29(2,19-11-7-5-8-12-19)21-15-23(31)27(24(32)16-21)37-39(35,36)38-28-25(33)17-22(18-26(28)34)30(3,4)20-13-9-6-10-14-20/h5-18H,1-4H3,(H,35,36). The second-order valence-corrected chi connectivity index (χ2v) is 14.9. The van der Waals surface area contributed by atoms with Crippen LogP contribution in [0.15, 0.2) is 103 Å². The minimum Gasteiger partial charge on any atom is -0.393 e. The molecule has 1 N–H and O–H groups in total. The molecule has 4 nitrogen and oxygen atoms in total. The number of phosphoric ester groups is 1. The molecule has 0 heterocycles. The molecule has 4 rings (SSSR count). The summed E-state index contributed by atoms with van der Waals surface area (Å²) in [5.41, 5.74) is 3.65. The Balaban J connectivity index is 1.60. The van der Waals surface area contributed by atoms with Crippen molar-refractivity contribution in [2.45, 2.75) is 38.5 Å². The fourth-order valence-electron chi connectivity index (χ4n) is 4.31. The van der Waals surface area contributed by atoms with Crippen LogP contribution in [0, 0.1) is 0 Å². The van der Waals surface area contributed by atoms with Gasteiger partial charge in [-0.25, -0.2) is 4.57 Å². The van der Waals surface area contributed by atoms with E-state index < -0.39 is 7.82 Å². The summed E-state index contributed by atoms with van der Waals surface area (Å²) in [7, 11) is -4.59. The minimum absolute atomic E-state index is 0.169. The Bertz CT molecular complexity index is 1380. The lowest BCUT2D eigenvalue weighted by atomic mass is 9.78. The average Bonchev–Trinajstić information content (AvgIpc) is 2.89. The molecule has 0 aliphatic heterocycles. The monoisotopic (exact) mass is 798 g/mol. The third-order valence-electron chi connectivity index (χ3n) is 6.84. The molecule has 0 saturated heterocycles. The summed E-state index contributed by atoms with van der Waals surface area (Å²) in [6.45, 7) is 8.48. The summed E-state index contributed by atoms with van der Waals surface area (Å²) in [4.78, 5) is 10.8. The zero-order valence-electron chi connectivity index (χ0n) is 21.7. The van der Waals surface area contributed by atoms with Gasteiger partial charge in [-0.05, 0) is 110 Å². The lowest BCUT2D eigenvalue weighted by Gasteiger charge is -2.28. The van der Waals surface area contributed by atoms with Gasteiger partial charge in [0.05, 0.1) is 17.9 Å². The van der Waals surface area contributed by atoms with Gasteiger partial charge in [0.25, 0.3) is 0 Å². The van der Waals surface area contributed by atoms with Crippen LogP contribution in [0.25, 0.3) is 0 Å². The van der Waals surface area contributed by atoms with Gasteiger partial charge < -0.3 is 9.05 Å². The summed E-state index contributed by atoms with van der Waals surface area (Å²) in [5, 5.41) is 0. The summed E-state index contributed by atoms with van der Waals surface area (Å²) in [6, 6.07) is 27.8. The van der Waals surface area contributed by atoms with E-state index in [1.165, 1.54) is 0 Å². The molecular formula is C30H27Br4O4P. The highest BCUT2D eigenvalue weighted by Crippen LogP contribution is 2.53. The van der Waals surface area contributed by atoms with Gasteiger partial charge in [0, 0.05) is 10.8 Å². The molecule has 0 radical (unpaired) electrons. The van der Waals surface area contributed by atoms with Gasteiger partial charge in [-0.3, -0.25) is 4.89 Å². The number of hydrogen-bond acceptors (Lipinski definition) is 3. The van der Waals surface area contributed by atoms with E-state index in [4.69, 9.17) is 9.05 Å². The van der Waals surface area contributed by atoms with Crippen molar-refractivity contribution < 1.29 is 18.5 Å². The second kappa shape index (κ2) is 11.8. The van der Waals surface area contributed by atoms with Gasteiger partial charge >= 0.3 is 7.82 Å². The van der Waals surface area contributed by atoms with Gasteiger partial charge in [0.15, 0.2) is 11.5 Å². The maximum atomic E-state index is 13.2. The molecule has 0 spiro atoms. The Hall–Kier alpha value is -1.41. The molecule has 0 atom stereocenters. The van der Waals surface area contributed by atoms with E-state index in [0.29, 0.717) is 17.9 Å². The molecular weight excluding hydrogens is 775 g/mol. The topological polar surface area (TPSA) is 55.8 Å². The van der Waals surface area contributed by atoms with E-state index in [1.807, 2.05) is 60.7 Å². The maximum absolute atomic E-state index is 13.2. The fraction of sp³-hybridized carbons (Fsp3) is 0.200. The first-order chi connectivity index (χ1) is 18.2. The summed E-state index contributed by atoms with van der Waals surface area (Å²) < 4.78 is 26.4. The maximum Gasteiger partial charge on any atom is 0.585 e. The summed E-state index contributed by atoms with van der Waals surface area (Å²) in [5.74, 6) is 0.338. The van der Waals surface area contributed by atoms with Gasteiger partial charge in [-0.1, -0.05) is 88.4 Å². The Kier molecular flexibility index (Phi) is 9.27. The van der Waals surface area contributed by atoms with Gasteiger partial charge in [0.2, 0.25) is 0 Å². The molecule has 204 valence electrons. The van der Waals surface area contributed by atoms with Gasteiger partial charge in [-0.15, -0.1) is 0 Å². The van der Waals surface area contributed by atoms with Crippen LogP contribution in [0.1, 0.15) is 49.9 Å². The van der Waals surface area contributed by atoms with E-state index in [9.17, 15) is 9.46 Å². The zero-order valence-corrected chi connectivity index (χ0v) is 29.0. The predicted octanol–water partition coefficient (Wildman–Crippen LogP) is 10.9. The first kappa shape index (κ1) is 30.5. The molecule has 4 aromatic carbocycles. The van der Waals surface area contributed by atoms with Crippen molar-refractivity contribution in [1.82, 2.24) is 0 Å². The molecule has 0 bridgehead atoms. The third kappa shape index (κ3) is 6.74. The van der Waals surface area contributed by atoms with Crippen molar-refractivity contribution in [2.24, 2.45) is 0 Å². The van der Waals surface area contributed by atoms with Crippen LogP contribution in [0.5, 0.6) is 11.5 Å². The summed E-state index contributed by atoms with van der Waals surface area (Å²) >= 11 is 14.1. The predicted molar refractivity (Wildman–Crippen MR) is 172 cm³/mol. The third-order valence-corrected chi connectivity index (χ3v) is 10.0. The molecule has 0 unspecified atom stereocenters. The van der Waals surface area contributed by atoms with Crippen LogP contribution < -0.4 is 9.05 Å². The molecule has 0 aliphatic carbocycles. The van der Waals surface area contributed by atoms with E-state index in [0.717, 1.165) is 22.3 Å². The Morgan fingerprint density at radius 1 is 0.564 bits per heavy atom. The average molecular weight is 802 g/mol. The number of halogens is 4. The number of hydrogen-bond donors (Lipinski definition) is 1. The quantitative estimate of drug-likeness (QED) is 0.180. The van der Waals surface area contributed by atoms with Crippen molar-refractivity contribution in [3.8, 4) is 11.5 Å². The fourth-order valence-corrected chi connectivity index (χ4v) is 8.40. The molecule has 0 saturated carbocycles. The van der Waals surface area contributed by atoms with Crippen LogP contribution in [0.2, 0.25) is 0 Å². The smallest absolute Gasteiger partial charge is 0.393 e. The largest absolute Gasteiger partial charge is 0.585 e. The minimum atomic E-state index is -4.59. The number of rotatable bonds is 8. The van der Waals surface area contributed by atoms with Crippen molar-refractivity contribution in [1.29, 1.82) is 0 Å². The van der Waals surface area contributed by atoms with Gasteiger partial charge in [0.1, 0.15) is 0 Å². The Morgan fingerprint density at radius 3 is 1.13 bits per heavy atom. The molecule has 0 aliphatic rings. The van der Waals surface area contributed by atoms with E-state index in [-0.39, 0.29) is 22.3 Å². The second-order valence-electron chi connectivity index (χ2n) is 10.2. The molecule has 0 fully saturated rings. The van der Waals surface area contributed by atoms with Gasteiger partial charge in [-0.2, -0.15) is 0 Å². The van der Waals surface area contributed by atoms with Crippen molar-refractivity contribution >= 4 is 71.5 Å². The number of benzene rings is 4. The van der Waals surface area contributed by atoms with Crippen molar-refractivity contribution in [3.63, 3.8) is 0 Å². The van der Waals surface area contributed by atoms with Crippen molar-refractivity contribution in [3.05, 3.63) is 125 Å². The summed E-state index contributed by atoms with van der Waals surface area (Å²) in [6.07, 6.45) is 0. The highest BCUT2D eigenvalue weighted by atomic mass is 79.9. The molecule has 0 aromatic heterocycles. The van der Waals surface area contributed by atoms with Crippen LogP contribution in [0.3, 0.4) is 0 Å². The van der Waals surface area contributed by atoms with E-state index >= 15 is 0 Å². The van der Waals surface area contributed by atoms with Crippen LogP contribution >= 0.6 is 71.5 Å². The first-order valence-corrected chi connectivity index (χ1v) is 16.7. The lowest BCUT2D eigenvalue weighted by Crippen LogP contribution is -2.19. The number of phosphoric acid groups is 1. The first-order valence-electron chi connectivity index (χ1n) is 12.0. The van der Waals surface area contributed by atoms with Crippen molar-refractivity contribution in [2.75, 3.05) is 0 Å². The highest BCUT2D eigenvalue weighted by molar-refractivity contribution is 9.11. The highest BCUT2D eigenvalue weighted by Gasteiger charge is 2.33.